The van der Waals surface area contributed by atoms with Gasteiger partial charge >= 0.3 is 5.97 Å². The van der Waals surface area contributed by atoms with Crippen LogP contribution in [0.5, 0.6) is 5.75 Å². The number of hydrogen-bond acceptors (Lipinski definition) is 7. The molecular formula is C21H17Cl2N3O4S. The van der Waals surface area contributed by atoms with Crippen molar-refractivity contribution >= 4 is 61.6 Å². The molecule has 0 saturated heterocycles. The number of aryl methyl sites for hydroxylation is 3. The van der Waals surface area contributed by atoms with E-state index in [-0.39, 0.29) is 28.8 Å². The van der Waals surface area contributed by atoms with Crippen LogP contribution in [0, 0.1) is 20.8 Å². The summed E-state index contributed by atoms with van der Waals surface area (Å²) in [4.78, 5) is 37.6. The van der Waals surface area contributed by atoms with Crippen LogP contribution in [0.3, 0.4) is 0 Å². The van der Waals surface area contributed by atoms with Crippen molar-refractivity contribution in [2.75, 3.05) is 6.61 Å². The Labute approximate surface area is 190 Å². The van der Waals surface area contributed by atoms with Gasteiger partial charge < -0.3 is 14.5 Å². The first-order chi connectivity index (χ1) is 14.7. The third-order valence-corrected chi connectivity index (χ3v) is 6.46. The van der Waals surface area contributed by atoms with Gasteiger partial charge in [0, 0.05) is 16.0 Å². The molecule has 0 aliphatic rings. The van der Waals surface area contributed by atoms with Crippen LogP contribution < -0.4 is 10.3 Å². The number of H-pyrrole nitrogens is 1. The predicted octanol–water partition coefficient (Wildman–Crippen LogP) is 4.89. The molecule has 1 aromatic carbocycles. The average molecular weight is 478 g/mol. The van der Waals surface area contributed by atoms with Gasteiger partial charge in [-0.1, -0.05) is 23.2 Å². The number of benzene rings is 1. The number of pyridine rings is 1. The van der Waals surface area contributed by atoms with Crippen LogP contribution in [0.4, 0.5) is 0 Å². The number of carbonyl (C=O) groups excluding carboxylic acids is 1. The summed E-state index contributed by atoms with van der Waals surface area (Å²) in [5.41, 5.74) is 1.87. The minimum absolute atomic E-state index is 0.185. The molecule has 0 atom stereocenters. The van der Waals surface area contributed by atoms with Gasteiger partial charge in [0.2, 0.25) is 0 Å². The summed E-state index contributed by atoms with van der Waals surface area (Å²) in [7, 11) is 0. The number of nitrogens with one attached hydrogen (secondary N) is 1. The zero-order chi connectivity index (χ0) is 22.3. The molecule has 0 spiro atoms. The molecule has 0 aliphatic heterocycles. The van der Waals surface area contributed by atoms with E-state index in [2.05, 4.69) is 15.0 Å². The Morgan fingerprint density at radius 2 is 1.94 bits per heavy atom. The molecule has 0 fully saturated rings. The number of carbonyl (C=O) groups is 1. The van der Waals surface area contributed by atoms with E-state index in [0.29, 0.717) is 26.1 Å². The molecule has 0 bridgehead atoms. The summed E-state index contributed by atoms with van der Waals surface area (Å²) in [6.45, 7) is 5.06. The Balaban J connectivity index is 1.48. The zero-order valence-corrected chi connectivity index (χ0v) is 19.2. The second-order valence-corrected chi connectivity index (χ2v) is 8.96. The third-order valence-electron chi connectivity index (χ3n) is 4.77. The van der Waals surface area contributed by atoms with Gasteiger partial charge in [0.05, 0.1) is 15.4 Å². The fourth-order valence-electron chi connectivity index (χ4n) is 3.12. The summed E-state index contributed by atoms with van der Waals surface area (Å²) in [5.74, 6) is -0.133. The van der Waals surface area contributed by atoms with Crippen molar-refractivity contribution in [3.05, 3.63) is 60.6 Å². The van der Waals surface area contributed by atoms with Gasteiger partial charge in [0.15, 0.2) is 12.4 Å². The van der Waals surface area contributed by atoms with E-state index in [0.717, 1.165) is 16.1 Å². The minimum Gasteiger partial charge on any atom is -0.478 e. The number of hydrogen-bond donors (Lipinski definition) is 1. The average Bonchev–Trinajstić information content (AvgIpc) is 3.00. The number of aromatic amines is 1. The first kappa shape index (κ1) is 21.5. The number of fused-ring (bicyclic) bond motifs is 2. The molecule has 7 nitrogen and oxygen atoms in total. The lowest BCUT2D eigenvalue weighted by molar-refractivity contribution is -0.147. The fraction of sp³-hybridized carbons (Fsp3) is 0.238. The SMILES string of the molecule is Cc1ccc2c(Cl)cc(Cl)c(OCC(=O)OCc3nc4sc(C)c(C)c4c(=O)[nH]3)c2n1. The van der Waals surface area contributed by atoms with Crippen LogP contribution in [0.15, 0.2) is 23.0 Å². The highest BCUT2D eigenvalue weighted by Gasteiger charge is 2.16. The lowest BCUT2D eigenvalue weighted by atomic mass is 10.2. The third kappa shape index (κ3) is 4.23. The van der Waals surface area contributed by atoms with Gasteiger partial charge in [0.25, 0.3) is 5.56 Å². The summed E-state index contributed by atoms with van der Waals surface area (Å²) in [6, 6.07) is 5.17. The van der Waals surface area contributed by atoms with E-state index in [9.17, 15) is 9.59 Å². The van der Waals surface area contributed by atoms with Crippen molar-refractivity contribution in [2.24, 2.45) is 0 Å². The lowest BCUT2D eigenvalue weighted by Gasteiger charge is -2.12. The van der Waals surface area contributed by atoms with E-state index in [1.807, 2.05) is 32.9 Å². The molecule has 0 radical (unpaired) electrons. The monoisotopic (exact) mass is 477 g/mol. The highest BCUT2D eigenvalue weighted by molar-refractivity contribution is 7.18. The van der Waals surface area contributed by atoms with E-state index < -0.39 is 12.6 Å². The van der Waals surface area contributed by atoms with Gasteiger partial charge in [-0.15, -0.1) is 11.3 Å². The highest BCUT2D eigenvalue weighted by Crippen LogP contribution is 2.37. The van der Waals surface area contributed by atoms with Crippen LogP contribution in [-0.4, -0.2) is 27.5 Å². The fourth-order valence-corrected chi connectivity index (χ4v) is 4.74. The summed E-state index contributed by atoms with van der Waals surface area (Å²) in [6.07, 6.45) is 0. The number of aromatic nitrogens is 3. The van der Waals surface area contributed by atoms with Gasteiger partial charge in [-0.2, -0.15) is 0 Å². The molecule has 0 saturated carbocycles. The maximum absolute atomic E-state index is 12.3. The van der Waals surface area contributed by atoms with E-state index in [1.165, 1.54) is 17.4 Å². The quantitative estimate of drug-likeness (QED) is 0.411. The Morgan fingerprint density at radius 1 is 1.16 bits per heavy atom. The van der Waals surface area contributed by atoms with Gasteiger partial charge in [-0.05, 0) is 44.5 Å². The zero-order valence-electron chi connectivity index (χ0n) is 16.8. The van der Waals surface area contributed by atoms with E-state index in [4.69, 9.17) is 32.7 Å². The van der Waals surface area contributed by atoms with Crippen molar-refractivity contribution in [3.8, 4) is 5.75 Å². The summed E-state index contributed by atoms with van der Waals surface area (Å²) in [5, 5.41) is 1.90. The van der Waals surface area contributed by atoms with E-state index >= 15 is 0 Å². The van der Waals surface area contributed by atoms with Gasteiger partial charge in [-0.25, -0.2) is 14.8 Å². The van der Waals surface area contributed by atoms with Crippen LogP contribution in [0.2, 0.25) is 10.0 Å². The maximum atomic E-state index is 12.3. The molecule has 31 heavy (non-hydrogen) atoms. The second kappa shape index (κ2) is 8.45. The lowest BCUT2D eigenvalue weighted by Crippen LogP contribution is -2.18. The van der Waals surface area contributed by atoms with Gasteiger partial charge in [-0.3, -0.25) is 4.79 Å². The Hall–Kier alpha value is -2.68. The first-order valence-corrected chi connectivity index (χ1v) is 10.8. The van der Waals surface area contributed by atoms with E-state index in [1.54, 1.807) is 0 Å². The minimum atomic E-state index is -0.645. The maximum Gasteiger partial charge on any atom is 0.344 e. The Kier molecular flexibility index (Phi) is 5.88. The molecule has 160 valence electrons. The summed E-state index contributed by atoms with van der Waals surface area (Å²) < 4.78 is 10.8. The molecule has 4 rings (SSSR count). The highest BCUT2D eigenvalue weighted by atomic mass is 35.5. The largest absolute Gasteiger partial charge is 0.478 e. The predicted molar refractivity (Wildman–Crippen MR) is 122 cm³/mol. The molecule has 3 aromatic heterocycles. The molecule has 10 heteroatoms. The molecule has 1 N–H and O–H groups in total. The second-order valence-electron chi connectivity index (χ2n) is 6.94. The van der Waals surface area contributed by atoms with Crippen LogP contribution in [-0.2, 0) is 16.1 Å². The molecule has 3 heterocycles. The van der Waals surface area contributed by atoms with Crippen LogP contribution in [0.25, 0.3) is 21.1 Å². The van der Waals surface area contributed by atoms with Crippen LogP contribution >= 0.6 is 34.5 Å². The number of esters is 1. The number of nitrogens with zero attached hydrogens (tertiary/aromatic N) is 2. The number of rotatable bonds is 5. The molecule has 0 amide bonds. The molecule has 0 unspecified atom stereocenters. The standard InChI is InChI=1S/C21H17Cl2N3O4S/c1-9-4-5-12-13(22)6-14(23)19(18(12)24-9)30-8-16(27)29-7-15-25-20(28)17-10(2)11(3)31-21(17)26-15/h4-6H,7-8H2,1-3H3,(H,25,26,28). The molecule has 0 aliphatic carbocycles. The number of thiophene rings is 1. The normalized spacial score (nSPS) is 11.3. The van der Waals surface area contributed by atoms with Gasteiger partial charge in [0.1, 0.15) is 22.8 Å². The van der Waals surface area contributed by atoms with Crippen molar-refractivity contribution in [1.82, 2.24) is 15.0 Å². The van der Waals surface area contributed by atoms with Crippen LogP contribution in [0.1, 0.15) is 22.0 Å². The van der Waals surface area contributed by atoms with Crippen molar-refractivity contribution in [3.63, 3.8) is 0 Å². The molecule has 4 aromatic rings. The number of ether oxygens (including phenoxy) is 2. The smallest absolute Gasteiger partial charge is 0.344 e. The molecular weight excluding hydrogens is 461 g/mol. The Morgan fingerprint density at radius 3 is 2.71 bits per heavy atom. The van der Waals surface area contributed by atoms with Crippen molar-refractivity contribution in [2.45, 2.75) is 27.4 Å². The summed E-state index contributed by atoms with van der Waals surface area (Å²) >= 11 is 13.9. The van der Waals surface area contributed by atoms with Crippen molar-refractivity contribution < 1.29 is 14.3 Å². The topological polar surface area (TPSA) is 94.2 Å². The van der Waals surface area contributed by atoms with Crippen molar-refractivity contribution in [1.29, 1.82) is 0 Å². The number of halogens is 2. The Bertz CT molecular complexity index is 1400. The first-order valence-electron chi connectivity index (χ1n) is 9.27.